The topological polar surface area (TPSA) is 105 Å². The predicted molar refractivity (Wildman–Crippen MR) is 116 cm³/mol. The number of carbonyl (C=O) groups excluding carboxylic acids is 1. The molecular weight excluding hydrogens is 416 g/mol. The van der Waals surface area contributed by atoms with Crippen LogP contribution < -0.4 is 5.32 Å². The largest absolute Gasteiger partial charge is 0.339 e. The van der Waals surface area contributed by atoms with E-state index in [1.54, 1.807) is 24.3 Å². The maximum atomic E-state index is 12.6. The second-order valence-corrected chi connectivity index (χ2v) is 9.50. The Bertz CT molecular complexity index is 1150. The van der Waals surface area contributed by atoms with Gasteiger partial charge < -0.3 is 9.84 Å². The molecular formula is C22H24N4O4S. The van der Waals surface area contributed by atoms with E-state index in [4.69, 9.17) is 4.52 Å². The molecule has 0 atom stereocenters. The molecule has 1 aliphatic heterocycles. The highest BCUT2D eigenvalue weighted by Gasteiger charge is 2.27. The first-order chi connectivity index (χ1) is 14.9. The average molecular weight is 441 g/mol. The molecule has 0 spiro atoms. The first-order valence-corrected chi connectivity index (χ1v) is 11.7. The van der Waals surface area contributed by atoms with Crippen molar-refractivity contribution in [2.24, 2.45) is 0 Å². The standard InChI is InChI=1S/C22H24N4O4S/c1-16-4-8-18(9-5-16)23-20(27)12-13-21-24-22(25-30-21)17-6-10-19(11-7-17)31(28,29)26-14-2-3-15-26/h4-11H,2-3,12-15H2,1H3,(H,23,27). The monoisotopic (exact) mass is 440 g/mol. The molecule has 1 aliphatic rings. The summed E-state index contributed by atoms with van der Waals surface area (Å²) in [4.78, 5) is 16.7. The fourth-order valence-corrected chi connectivity index (χ4v) is 4.93. The Labute approximate surface area is 181 Å². The molecule has 0 radical (unpaired) electrons. The number of benzene rings is 2. The maximum Gasteiger partial charge on any atom is 0.243 e. The van der Waals surface area contributed by atoms with Crippen molar-refractivity contribution in [1.82, 2.24) is 14.4 Å². The second-order valence-electron chi connectivity index (χ2n) is 7.56. The van der Waals surface area contributed by atoms with Crippen molar-refractivity contribution in [2.45, 2.75) is 37.5 Å². The number of aromatic nitrogens is 2. The van der Waals surface area contributed by atoms with Crippen molar-refractivity contribution < 1.29 is 17.7 Å². The summed E-state index contributed by atoms with van der Waals surface area (Å²) in [6.07, 6.45) is 2.31. The van der Waals surface area contributed by atoms with Gasteiger partial charge in [0.2, 0.25) is 27.6 Å². The number of hydrogen-bond donors (Lipinski definition) is 1. The van der Waals surface area contributed by atoms with E-state index >= 15 is 0 Å². The summed E-state index contributed by atoms with van der Waals surface area (Å²) in [5.41, 5.74) is 2.52. The quantitative estimate of drug-likeness (QED) is 0.604. The number of nitrogens with zero attached hydrogens (tertiary/aromatic N) is 3. The summed E-state index contributed by atoms with van der Waals surface area (Å²) in [5, 5.41) is 6.78. The molecule has 0 bridgehead atoms. The van der Waals surface area contributed by atoms with Gasteiger partial charge >= 0.3 is 0 Å². The molecule has 4 rings (SSSR count). The van der Waals surface area contributed by atoms with Crippen LogP contribution in [0.15, 0.2) is 57.9 Å². The summed E-state index contributed by atoms with van der Waals surface area (Å²) in [6.45, 7) is 3.12. The van der Waals surface area contributed by atoms with E-state index in [0.29, 0.717) is 36.8 Å². The third kappa shape index (κ3) is 5.00. The molecule has 3 aromatic rings. The van der Waals surface area contributed by atoms with Crippen LogP contribution in [0.1, 0.15) is 30.7 Å². The van der Waals surface area contributed by atoms with Crippen molar-refractivity contribution in [3.8, 4) is 11.4 Å². The number of sulfonamides is 1. The Morgan fingerprint density at radius 2 is 1.74 bits per heavy atom. The smallest absolute Gasteiger partial charge is 0.243 e. The number of anilines is 1. The Balaban J connectivity index is 1.36. The number of nitrogens with one attached hydrogen (secondary N) is 1. The third-order valence-corrected chi connectivity index (χ3v) is 7.10. The molecule has 1 amide bonds. The molecule has 2 aromatic carbocycles. The van der Waals surface area contributed by atoms with E-state index in [1.165, 1.54) is 4.31 Å². The van der Waals surface area contributed by atoms with Gasteiger partial charge in [-0.1, -0.05) is 22.9 Å². The van der Waals surface area contributed by atoms with Crippen LogP contribution in [0.4, 0.5) is 5.69 Å². The lowest BCUT2D eigenvalue weighted by molar-refractivity contribution is -0.116. The van der Waals surface area contributed by atoms with Gasteiger partial charge in [0.15, 0.2) is 0 Å². The Kier molecular flexibility index (Phi) is 6.15. The minimum absolute atomic E-state index is 0.139. The number of rotatable bonds is 7. The van der Waals surface area contributed by atoms with Gasteiger partial charge in [-0.2, -0.15) is 9.29 Å². The summed E-state index contributed by atoms with van der Waals surface area (Å²) in [7, 11) is -3.45. The van der Waals surface area contributed by atoms with Crippen molar-refractivity contribution in [3.63, 3.8) is 0 Å². The average Bonchev–Trinajstić information content (AvgIpc) is 3.47. The molecule has 31 heavy (non-hydrogen) atoms. The highest BCUT2D eigenvalue weighted by atomic mass is 32.2. The van der Waals surface area contributed by atoms with Crippen LogP contribution in [0, 0.1) is 6.92 Å². The fraction of sp³-hybridized carbons (Fsp3) is 0.318. The maximum absolute atomic E-state index is 12.6. The molecule has 0 unspecified atom stereocenters. The molecule has 0 saturated carbocycles. The van der Waals surface area contributed by atoms with Crippen LogP contribution in [0.2, 0.25) is 0 Å². The van der Waals surface area contributed by atoms with Crippen LogP contribution in [-0.2, 0) is 21.2 Å². The zero-order valence-electron chi connectivity index (χ0n) is 17.2. The van der Waals surface area contributed by atoms with Gasteiger partial charge in [-0.3, -0.25) is 4.79 Å². The van der Waals surface area contributed by atoms with Gasteiger partial charge in [-0.05, 0) is 56.2 Å². The van der Waals surface area contributed by atoms with Gasteiger partial charge in [0.1, 0.15) is 0 Å². The molecule has 8 nitrogen and oxygen atoms in total. The summed E-state index contributed by atoms with van der Waals surface area (Å²) in [6, 6.07) is 14.0. The molecule has 1 N–H and O–H groups in total. The van der Waals surface area contributed by atoms with Crippen LogP contribution >= 0.6 is 0 Å². The van der Waals surface area contributed by atoms with E-state index in [9.17, 15) is 13.2 Å². The summed E-state index contributed by atoms with van der Waals surface area (Å²) in [5.74, 6) is 0.571. The van der Waals surface area contributed by atoms with Crippen molar-refractivity contribution in [1.29, 1.82) is 0 Å². The number of aryl methyl sites for hydroxylation is 2. The molecule has 2 heterocycles. The minimum Gasteiger partial charge on any atom is -0.339 e. The van der Waals surface area contributed by atoms with Gasteiger partial charge in [0, 0.05) is 37.2 Å². The van der Waals surface area contributed by atoms with E-state index < -0.39 is 10.0 Å². The SMILES string of the molecule is Cc1ccc(NC(=O)CCc2nc(-c3ccc(S(=O)(=O)N4CCCC4)cc3)no2)cc1. The lowest BCUT2D eigenvalue weighted by Gasteiger charge is -2.15. The van der Waals surface area contributed by atoms with E-state index in [1.807, 2.05) is 31.2 Å². The molecule has 1 aromatic heterocycles. The zero-order chi connectivity index (χ0) is 21.8. The minimum atomic E-state index is -3.45. The first-order valence-electron chi connectivity index (χ1n) is 10.2. The Morgan fingerprint density at radius 1 is 1.06 bits per heavy atom. The third-order valence-electron chi connectivity index (χ3n) is 5.18. The molecule has 162 valence electrons. The van der Waals surface area contributed by atoms with E-state index in [-0.39, 0.29) is 17.2 Å². The molecule has 1 saturated heterocycles. The summed E-state index contributed by atoms with van der Waals surface area (Å²) >= 11 is 0. The van der Waals surface area contributed by atoms with Gasteiger partial charge in [0.05, 0.1) is 4.90 Å². The second kappa shape index (κ2) is 8.99. The Hall–Kier alpha value is -3.04. The van der Waals surface area contributed by atoms with Crippen molar-refractivity contribution in [3.05, 3.63) is 60.0 Å². The van der Waals surface area contributed by atoms with Gasteiger partial charge in [-0.25, -0.2) is 8.42 Å². The van der Waals surface area contributed by atoms with E-state index in [0.717, 1.165) is 24.1 Å². The van der Waals surface area contributed by atoms with Crippen LogP contribution in [-0.4, -0.2) is 41.9 Å². The summed E-state index contributed by atoms with van der Waals surface area (Å²) < 4.78 is 32.0. The van der Waals surface area contributed by atoms with Crippen LogP contribution in [0.3, 0.4) is 0 Å². The van der Waals surface area contributed by atoms with Crippen molar-refractivity contribution >= 4 is 21.6 Å². The van der Waals surface area contributed by atoms with Crippen LogP contribution in [0.5, 0.6) is 0 Å². The number of hydrogen-bond acceptors (Lipinski definition) is 6. The Morgan fingerprint density at radius 3 is 2.42 bits per heavy atom. The van der Waals surface area contributed by atoms with Gasteiger partial charge in [0.25, 0.3) is 0 Å². The number of amides is 1. The zero-order valence-corrected chi connectivity index (χ0v) is 18.1. The molecule has 0 aliphatic carbocycles. The highest BCUT2D eigenvalue weighted by Crippen LogP contribution is 2.24. The molecule has 9 heteroatoms. The van der Waals surface area contributed by atoms with Gasteiger partial charge in [-0.15, -0.1) is 0 Å². The lowest BCUT2D eigenvalue weighted by Crippen LogP contribution is -2.27. The normalized spacial score (nSPS) is 14.6. The van der Waals surface area contributed by atoms with Crippen molar-refractivity contribution in [2.75, 3.05) is 18.4 Å². The highest BCUT2D eigenvalue weighted by molar-refractivity contribution is 7.89. The lowest BCUT2D eigenvalue weighted by atomic mass is 10.2. The first kappa shape index (κ1) is 21.2. The molecule has 1 fully saturated rings. The predicted octanol–water partition coefficient (Wildman–Crippen LogP) is 3.40. The number of carbonyl (C=O) groups is 1. The van der Waals surface area contributed by atoms with Crippen LogP contribution in [0.25, 0.3) is 11.4 Å². The van der Waals surface area contributed by atoms with E-state index in [2.05, 4.69) is 15.5 Å². The fourth-order valence-electron chi connectivity index (χ4n) is 3.41.